The van der Waals surface area contributed by atoms with Crippen LogP contribution < -0.4 is 4.74 Å². The fourth-order valence-corrected chi connectivity index (χ4v) is 1.64. The van der Waals surface area contributed by atoms with Crippen LogP contribution in [0.2, 0.25) is 0 Å². The van der Waals surface area contributed by atoms with Gasteiger partial charge in [-0.05, 0) is 49.6 Å². The van der Waals surface area contributed by atoms with Gasteiger partial charge in [0.15, 0.2) is 0 Å². The Morgan fingerprint density at radius 1 is 1.29 bits per heavy atom. The number of carboxylic acids is 1. The second kappa shape index (κ2) is 8.04. The second-order valence-electron chi connectivity index (χ2n) is 4.85. The lowest BCUT2D eigenvalue weighted by atomic mass is 10.0. The molecule has 0 atom stereocenters. The van der Waals surface area contributed by atoms with Crippen molar-refractivity contribution >= 4 is 18.0 Å². The molecule has 4 nitrogen and oxygen atoms in total. The first kappa shape index (κ1) is 16.7. The van der Waals surface area contributed by atoms with Gasteiger partial charge in [0.1, 0.15) is 5.75 Å². The number of hydrogen-bond donors (Lipinski definition) is 1. The van der Waals surface area contributed by atoms with E-state index in [-0.39, 0.29) is 5.97 Å². The van der Waals surface area contributed by atoms with Crippen LogP contribution in [-0.4, -0.2) is 17.0 Å². The van der Waals surface area contributed by atoms with Gasteiger partial charge in [-0.3, -0.25) is 4.79 Å². The SMILES string of the molecule is CCC(=O)Oc1ccc(/C=C/C(=O)O)cc1CC=C(C)C. The minimum Gasteiger partial charge on any atom is -0.478 e. The van der Waals surface area contributed by atoms with Crippen LogP contribution in [0.25, 0.3) is 6.08 Å². The third kappa shape index (κ3) is 6.08. The summed E-state index contributed by atoms with van der Waals surface area (Å²) in [6.45, 7) is 5.72. The van der Waals surface area contributed by atoms with Crippen molar-refractivity contribution in [1.29, 1.82) is 0 Å². The number of carboxylic acid groups (broad SMARTS) is 1. The molecule has 0 saturated carbocycles. The average Bonchev–Trinajstić information content (AvgIpc) is 2.44. The van der Waals surface area contributed by atoms with Crippen molar-refractivity contribution in [3.63, 3.8) is 0 Å². The number of aliphatic carboxylic acids is 1. The van der Waals surface area contributed by atoms with Gasteiger partial charge in [-0.2, -0.15) is 0 Å². The van der Waals surface area contributed by atoms with Gasteiger partial charge >= 0.3 is 11.9 Å². The average molecular weight is 288 g/mol. The smallest absolute Gasteiger partial charge is 0.328 e. The summed E-state index contributed by atoms with van der Waals surface area (Å²) in [7, 11) is 0. The topological polar surface area (TPSA) is 63.6 Å². The first-order chi connectivity index (χ1) is 9.92. The standard InChI is InChI=1S/C17H20O4/c1-4-17(20)21-15-9-6-13(7-10-16(18)19)11-14(15)8-5-12(2)3/h5-7,9-11H,4,8H2,1-3H3,(H,18,19)/b10-7+. The Bertz CT molecular complexity index is 578. The molecule has 1 rings (SSSR count). The fraction of sp³-hybridized carbons (Fsp3) is 0.294. The van der Waals surface area contributed by atoms with E-state index in [0.29, 0.717) is 18.6 Å². The zero-order chi connectivity index (χ0) is 15.8. The summed E-state index contributed by atoms with van der Waals surface area (Å²) in [6.07, 6.45) is 5.56. The number of carbonyl (C=O) groups is 2. The third-order valence-corrected chi connectivity index (χ3v) is 2.75. The lowest BCUT2D eigenvalue weighted by molar-refractivity contribution is -0.134. The summed E-state index contributed by atoms with van der Waals surface area (Å²) in [5.74, 6) is -0.767. The molecule has 21 heavy (non-hydrogen) atoms. The molecule has 0 amide bonds. The van der Waals surface area contributed by atoms with Crippen LogP contribution in [-0.2, 0) is 16.0 Å². The molecule has 0 aliphatic rings. The maximum Gasteiger partial charge on any atom is 0.328 e. The van der Waals surface area contributed by atoms with Crippen molar-refractivity contribution in [2.75, 3.05) is 0 Å². The van der Waals surface area contributed by atoms with Crippen molar-refractivity contribution in [1.82, 2.24) is 0 Å². The van der Waals surface area contributed by atoms with Crippen LogP contribution in [0.3, 0.4) is 0 Å². The molecule has 4 heteroatoms. The molecule has 1 aromatic carbocycles. The summed E-state index contributed by atoms with van der Waals surface area (Å²) >= 11 is 0. The zero-order valence-electron chi connectivity index (χ0n) is 12.6. The van der Waals surface area contributed by atoms with E-state index in [9.17, 15) is 9.59 Å². The molecule has 0 radical (unpaired) electrons. The molecule has 0 aliphatic heterocycles. The molecule has 0 bridgehead atoms. The number of esters is 1. The molecular formula is C17H20O4. The quantitative estimate of drug-likeness (QED) is 0.376. The van der Waals surface area contributed by atoms with Crippen molar-refractivity contribution in [2.45, 2.75) is 33.6 Å². The van der Waals surface area contributed by atoms with Gasteiger partial charge in [0, 0.05) is 12.5 Å². The Morgan fingerprint density at radius 3 is 2.57 bits per heavy atom. The number of hydrogen-bond acceptors (Lipinski definition) is 3. The van der Waals surface area contributed by atoms with Crippen molar-refractivity contribution < 1.29 is 19.4 Å². The third-order valence-electron chi connectivity index (χ3n) is 2.75. The van der Waals surface area contributed by atoms with Gasteiger partial charge in [0.05, 0.1) is 0 Å². The Hall–Kier alpha value is -2.36. The second-order valence-corrected chi connectivity index (χ2v) is 4.85. The van der Waals surface area contributed by atoms with E-state index in [1.807, 2.05) is 26.0 Å². The van der Waals surface area contributed by atoms with Crippen LogP contribution in [0.15, 0.2) is 35.9 Å². The highest BCUT2D eigenvalue weighted by atomic mass is 16.5. The number of benzene rings is 1. The number of ether oxygens (including phenoxy) is 1. The number of allylic oxidation sites excluding steroid dienone is 2. The number of rotatable bonds is 6. The van der Waals surface area contributed by atoms with E-state index < -0.39 is 5.97 Å². The van der Waals surface area contributed by atoms with Crippen molar-refractivity contribution in [3.05, 3.63) is 47.1 Å². The summed E-state index contributed by atoms with van der Waals surface area (Å²) in [6, 6.07) is 5.25. The highest BCUT2D eigenvalue weighted by molar-refractivity contribution is 5.85. The minimum absolute atomic E-state index is 0.290. The van der Waals surface area contributed by atoms with Gasteiger partial charge in [0.25, 0.3) is 0 Å². The summed E-state index contributed by atoms with van der Waals surface area (Å²) < 4.78 is 5.30. The van der Waals surface area contributed by atoms with Gasteiger partial charge in [-0.25, -0.2) is 4.79 Å². The van der Waals surface area contributed by atoms with E-state index in [2.05, 4.69) is 0 Å². The molecule has 0 saturated heterocycles. The highest BCUT2D eigenvalue weighted by Crippen LogP contribution is 2.23. The molecule has 112 valence electrons. The number of carbonyl (C=O) groups excluding carboxylic acids is 1. The molecule has 0 aromatic heterocycles. The predicted molar refractivity (Wildman–Crippen MR) is 82.2 cm³/mol. The predicted octanol–water partition coefficient (Wildman–Crippen LogP) is 3.61. The Labute approximate surface area is 124 Å². The van der Waals surface area contributed by atoms with E-state index >= 15 is 0 Å². The van der Waals surface area contributed by atoms with Crippen molar-refractivity contribution in [2.24, 2.45) is 0 Å². The van der Waals surface area contributed by atoms with Crippen LogP contribution in [0.1, 0.15) is 38.3 Å². The molecule has 0 aliphatic carbocycles. The Morgan fingerprint density at radius 2 is 2.00 bits per heavy atom. The van der Waals surface area contributed by atoms with Crippen LogP contribution >= 0.6 is 0 Å². The largest absolute Gasteiger partial charge is 0.478 e. The van der Waals surface area contributed by atoms with Crippen LogP contribution in [0, 0.1) is 0 Å². The highest BCUT2D eigenvalue weighted by Gasteiger charge is 2.08. The van der Waals surface area contributed by atoms with Gasteiger partial charge in [-0.1, -0.05) is 24.6 Å². The first-order valence-corrected chi connectivity index (χ1v) is 6.80. The maximum absolute atomic E-state index is 11.4. The molecule has 0 spiro atoms. The van der Waals surface area contributed by atoms with Gasteiger partial charge in [-0.15, -0.1) is 0 Å². The molecular weight excluding hydrogens is 268 g/mol. The monoisotopic (exact) mass is 288 g/mol. The summed E-state index contributed by atoms with van der Waals surface area (Å²) in [5.41, 5.74) is 2.77. The maximum atomic E-state index is 11.4. The van der Waals surface area contributed by atoms with E-state index in [1.165, 1.54) is 6.08 Å². The molecule has 0 fully saturated rings. The summed E-state index contributed by atoms with van der Waals surface area (Å²) in [4.78, 5) is 22.0. The fourth-order valence-electron chi connectivity index (χ4n) is 1.64. The molecule has 0 heterocycles. The Balaban J connectivity index is 3.09. The lowest BCUT2D eigenvalue weighted by Crippen LogP contribution is -2.07. The van der Waals surface area contributed by atoms with E-state index in [4.69, 9.17) is 9.84 Å². The lowest BCUT2D eigenvalue weighted by Gasteiger charge is -2.09. The zero-order valence-corrected chi connectivity index (χ0v) is 12.6. The van der Waals surface area contributed by atoms with E-state index in [0.717, 1.165) is 22.8 Å². The normalized spacial score (nSPS) is 10.4. The summed E-state index contributed by atoms with van der Waals surface area (Å²) in [5, 5.41) is 8.66. The Kier molecular flexibility index (Phi) is 6.40. The molecule has 1 N–H and O–H groups in total. The van der Waals surface area contributed by atoms with Gasteiger partial charge in [0.2, 0.25) is 0 Å². The minimum atomic E-state index is -0.998. The van der Waals surface area contributed by atoms with Crippen LogP contribution in [0.5, 0.6) is 5.75 Å². The first-order valence-electron chi connectivity index (χ1n) is 6.80. The van der Waals surface area contributed by atoms with Crippen LogP contribution in [0.4, 0.5) is 0 Å². The van der Waals surface area contributed by atoms with Gasteiger partial charge < -0.3 is 9.84 Å². The molecule has 1 aromatic rings. The van der Waals surface area contributed by atoms with Crippen molar-refractivity contribution in [3.8, 4) is 5.75 Å². The molecule has 0 unspecified atom stereocenters. The van der Waals surface area contributed by atoms with E-state index in [1.54, 1.807) is 19.1 Å².